The molecule has 0 saturated carbocycles. The summed E-state index contributed by atoms with van der Waals surface area (Å²) < 4.78 is 5.80. The van der Waals surface area contributed by atoms with Crippen LogP contribution in [0.15, 0.2) is 36.4 Å². The summed E-state index contributed by atoms with van der Waals surface area (Å²) in [5.74, 6) is 0.144. The molecule has 2 atom stereocenters. The van der Waals surface area contributed by atoms with E-state index in [0.717, 1.165) is 17.5 Å². The molecule has 2 rings (SSSR count). The van der Waals surface area contributed by atoms with Gasteiger partial charge in [-0.25, -0.2) is 0 Å². The van der Waals surface area contributed by atoms with Crippen molar-refractivity contribution in [2.24, 2.45) is 0 Å². The molecule has 0 heterocycles. The van der Waals surface area contributed by atoms with Gasteiger partial charge in [0.25, 0.3) is 5.91 Å². The van der Waals surface area contributed by atoms with Crippen LogP contribution >= 0.6 is 23.2 Å². The first kappa shape index (κ1) is 26.0. The quantitative estimate of drug-likeness (QED) is 0.475. The van der Waals surface area contributed by atoms with Crippen LogP contribution in [0.5, 0.6) is 5.75 Å². The molecular formula is C25H32Cl2N2O3. The maximum Gasteiger partial charge on any atom is 0.261 e. The van der Waals surface area contributed by atoms with Gasteiger partial charge in [0.15, 0.2) is 6.61 Å². The summed E-state index contributed by atoms with van der Waals surface area (Å²) in [6, 6.07) is 10.3. The molecule has 0 saturated heterocycles. The lowest BCUT2D eigenvalue weighted by Gasteiger charge is -2.31. The molecule has 2 aromatic carbocycles. The van der Waals surface area contributed by atoms with Crippen LogP contribution in [0.1, 0.15) is 50.3 Å². The summed E-state index contributed by atoms with van der Waals surface area (Å²) >= 11 is 12.4. The van der Waals surface area contributed by atoms with Gasteiger partial charge in [-0.2, -0.15) is 0 Å². The fraction of sp³-hybridized carbons (Fsp3) is 0.440. The average Bonchev–Trinajstić information content (AvgIpc) is 2.72. The topological polar surface area (TPSA) is 58.6 Å². The summed E-state index contributed by atoms with van der Waals surface area (Å²) in [6.45, 7) is 9.77. The molecule has 1 N–H and O–H groups in total. The number of rotatable bonds is 10. The number of nitrogens with one attached hydrogen (secondary N) is 1. The Labute approximate surface area is 201 Å². The first-order valence-electron chi connectivity index (χ1n) is 10.9. The molecule has 0 aromatic heterocycles. The third-order valence-electron chi connectivity index (χ3n) is 5.30. The fourth-order valence-electron chi connectivity index (χ4n) is 3.44. The van der Waals surface area contributed by atoms with E-state index in [1.54, 1.807) is 18.2 Å². The smallest absolute Gasteiger partial charge is 0.261 e. The van der Waals surface area contributed by atoms with E-state index in [0.29, 0.717) is 27.8 Å². The number of hydrogen-bond acceptors (Lipinski definition) is 3. The van der Waals surface area contributed by atoms with Crippen LogP contribution in [-0.2, 0) is 16.1 Å². The zero-order chi connectivity index (χ0) is 23.8. The minimum atomic E-state index is -0.647. The Kier molecular flexibility index (Phi) is 9.85. The van der Waals surface area contributed by atoms with E-state index in [2.05, 4.69) is 5.32 Å². The monoisotopic (exact) mass is 478 g/mol. The summed E-state index contributed by atoms with van der Waals surface area (Å²) in [5.41, 5.74) is 2.82. The molecule has 0 aliphatic heterocycles. The van der Waals surface area contributed by atoms with E-state index in [9.17, 15) is 9.59 Å². The number of amides is 2. The van der Waals surface area contributed by atoms with Gasteiger partial charge in [0.2, 0.25) is 5.91 Å². The van der Waals surface area contributed by atoms with Gasteiger partial charge in [-0.15, -0.1) is 0 Å². The Bertz CT molecular complexity index is 929. The van der Waals surface area contributed by atoms with E-state index >= 15 is 0 Å². The largest absolute Gasteiger partial charge is 0.484 e. The highest BCUT2D eigenvalue weighted by Gasteiger charge is 2.30. The van der Waals surface area contributed by atoms with Gasteiger partial charge in [-0.05, 0) is 74.6 Å². The van der Waals surface area contributed by atoms with Crippen molar-refractivity contribution in [1.82, 2.24) is 10.2 Å². The molecule has 2 amide bonds. The second-order valence-electron chi connectivity index (χ2n) is 8.11. The van der Waals surface area contributed by atoms with Gasteiger partial charge in [0, 0.05) is 22.6 Å². The van der Waals surface area contributed by atoms with Crippen molar-refractivity contribution in [3.05, 3.63) is 63.1 Å². The molecule has 7 heteroatoms. The molecule has 0 spiro atoms. The maximum absolute atomic E-state index is 13.3. The van der Waals surface area contributed by atoms with E-state index in [1.165, 1.54) is 4.90 Å². The van der Waals surface area contributed by atoms with Crippen molar-refractivity contribution in [3.8, 4) is 5.75 Å². The first-order valence-corrected chi connectivity index (χ1v) is 11.6. The van der Waals surface area contributed by atoms with Crippen LogP contribution in [0, 0.1) is 13.8 Å². The van der Waals surface area contributed by atoms with Crippen LogP contribution in [0.2, 0.25) is 10.0 Å². The van der Waals surface area contributed by atoms with Gasteiger partial charge < -0.3 is 15.0 Å². The lowest BCUT2D eigenvalue weighted by atomic mass is 10.1. The summed E-state index contributed by atoms with van der Waals surface area (Å²) in [6.07, 6.45) is 1.26. The van der Waals surface area contributed by atoms with Crippen molar-refractivity contribution >= 4 is 35.0 Å². The lowest BCUT2D eigenvalue weighted by molar-refractivity contribution is -0.143. The number of aryl methyl sites for hydroxylation is 2. The minimum absolute atomic E-state index is 0.0131. The highest BCUT2D eigenvalue weighted by atomic mass is 35.5. The Morgan fingerprint density at radius 3 is 2.25 bits per heavy atom. The van der Waals surface area contributed by atoms with Crippen molar-refractivity contribution in [2.45, 2.75) is 66.1 Å². The zero-order valence-electron chi connectivity index (χ0n) is 19.4. The number of benzene rings is 2. The third kappa shape index (κ3) is 7.42. The van der Waals surface area contributed by atoms with Gasteiger partial charge in [-0.1, -0.05) is 49.2 Å². The second kappa shape index (κ2) is 12.1. The highest BCUT2D eigenvalue weighted by Crippen LogP contribution is 2.24. The number of carbonyl (C=O) groups excluding carboxylic acids is 2. The Hall–Kier alpha value is -2.24. The Balaban J connectivity index is 2.28. The fourth-order valence-corrected chi connectivity index (χ4v) is 3.91. The standard InChI is InChI=1S/C25H32Cl2N2O3/c1-6-18(5)28-25(31)23(7-2)29(14-19-8-9-20(26)13-22(19)27)24(30)15-32-21-11-16(3)10-17(4)12-21/h8-13,18,23H,6-7,14-15H2,1-5H3,(H,28,31)/t18-,23-/m0/s1. The first-order chi connectivity index (χ1) is 15.1. The van der Waals surface area contributed by atoms with E-state index < -0.39 is 6.04 Å². The predicted molar refractivity (Wildman–Crippen MR) is 130 cm³/mol. The number of carbonyl (C=O) groups is 2. The summed E-state index contributed by atoms with van der Waals surface area (Å²) in [4.78, 5) is 27.8. The van der Waals surface area contributed by atoms with Gasteiger partial charge in [0.1, 0.15) is 11.8 Å². The summed E-state index contributed by atoms with van der Waals surface area (Å²) in [5, 5.41) is 3.94. The van der Waals surface area contributed by atoms with Gasteiger partial charge in [-0.3, -0.25) is 9.59 Å². The molecule has 0 bridgehead atoms. The number of hydrogen-bond donors (Lipinski definition) is 1. The van der Waals surface area contributed by atoms with E-state index in [4.69, 9.17) is 27.9 Å². The van der Waals surface area contributed by atoms with Crippen LogP contribution in [-0.4, -0.2) is 35.4 Å². The third-order valence-corrected chi connectivity index (χ3v) is 5.89. The molecule has 0 aliphatic rings. The molecule has 174 valence electrons. The molecule has 0 aliphatic carbocycles. The molecule has 5 nitrogen and oxygen atoms in total. The van der Waals surface area contributed by atoms with Crippen molar-refractivity contribution in [1.29, 1.82) is 0 Å². The molecule has 0 fully saturated rings. The van der Waals surface area contributed by atoms with Crippen LogP contribution in [0.25, 0.3) is 0 Å². The maximum atomic E-state index is 13.3. The Morgan fingerprint density at radius 2 is 1.69 bits per heavy atom. The molecule has 0 unspecified atom stereocenters. The summed E-state index contributed by atoms with van der Waals surface area (Å²) in [7, 11) is 0. The minimum Gasteiger partial charge on any atom is -0.484 e. The number of halogens is 2. The predicted octanol–water partition coefficient (Wildman–Crippen LogP) is 5.71. The van der Waals surface area contributed by atoms with E-state index in [-0.39, 0.29) is 31.0 Å². The highest BCUT2D eigenvalue weighted by molar-refractivity contribution is 6.35. The average molecular weight is 479 g/mol. The zero-order valence-corrected chi connectivity index (χ0v) is 20.9. The number of nitrogens with zero attached hydrogens (tertiary/aromatic N) is 1. The van der Waals surface area contributed by atoms with E-state index in [1.807, 2.05) is 52.8 Å². The molecular weight excluding hydrogens is 447 g/mol. The van der Waals surface area contributed by atoms with Gasteiger partial charge >= 0.3 is 0 Å². The van der Waals surface area contributed by atoms with Crippen molar-refractivity contribution in [2.75, 3.05) is 6.61 Å². The normalized spacial score (nSPS) is 12.7. The van der Waals surface area contributed by atoms with Gasteiger partial charge in [0.05, 0.1) is 0 Å². The molecule has 0 radical (unpaired) electrons. The van der Waals surface area contributed by atoms with Crippen LogP contribution in [0.3, 0.4) is 0 Å². The SMILES string of the molecule is CC[C@H](C)NC(=O)[C@H](CC)N(Cc1ccc(Cl)cc1Cl)C(=O)COc1cc(C)cc(C)c1. The van der Waals surface area contributed by atoms with Crippen LogP contribution < -0.4 is 10.1 Å². The van der Waals surface area contributed by atoms with Crippen molar-refractivity contribution < 1.29 is 14.3 Å². The lowest BCUT2D eigenvalue weighted by Crippen LogP contribution is -2.51. The number of ether oxygens (including phenoxy) is 1. The van der Waals surface area contributed by atoms with Crippen LogP contribution in [0.4, 0.5) is 0 Å². The van der Waals surface area contributed by atoms with Crippen molar-refractivity contribution in [3.63, 3.8) is 0 Å². The molecule has 2 aromatic rings. The Morgan fingerprint density at radius 1 is 1.03 bits per heavy atom. The second-order valence-corrected chi connectivity index (χ2v) is 8.96. The molecule has 32 heavy (non-hydrogen) atoms.